The summed E-state index contributed by atoms with van der Waals surface area (Å²) in [6.45, 7) is 6.05. The average Bonchev–Trinajstić information content (AvgIpc) is 3.65. The molecule has 0 radical (unpaired) electrons. The highest BCUT2D eigenvalue weighted by molar-refractivity contribution is 7.98. The van der Waals surface area contributed by atoms with Crippen LogP contribution < -0.4 is 33.2 Å². The van der Waals surface area contributed by atoms with Crippen LogP contribution in [0.5, 0.6) is 0 Å². The molecule has 56 heavy (non-hydrogen) atoms. The van der Waals surface area contributed by atoms with Gasteiger partial charge in [-0.3, -0.25) is 33.8 Å². The largest absolute Gasteiger partial charge is 0.370 e. The Morgan fingerprint density at radius 3 is 2.32 bits per heavy atom. The Labute approximate surface area is 339 Å². The molecule has 1 saturated heterocycles. The van der Waals surface area contributed by atoms with E-state index in [1.54, 1.807) is 37.4 Å². The first-order chi connectivity index (χ1) is 26.6. The van der Waals surface area contributed by atoms with Crippen molar-refractivity contribution in [2.24, 2.45) is 39.4 Å². The number of rotatable bonds is 10. The van der Waals surface area contributed by atoms with Crippen molar-refractivity contribution in [1.82, 2.24) is 20.9 Å². The van der Waals surface area contributed by atoms with Gasteiger partial charge in [-0.05, 0) is 61.0 Å². The Balaban J connectivity index is 1.64. The predicted octanol–water partition coefficient (Wildman–Crippen LogP) is 2.74. The number of Topliss-reactive ketones (excluding diaryl/α,β-unsaturated/α-hetero) is 1. The lowest BCUT2D eigenvalue weighted by Gasteiger charge is -2.32. The number of aliphatic imine (C=N–C) groups is 1. The molecule has 16 heteroatoms. The van der Waals surface area contributed by atoms with E-state index >= 15 is 0 Å². The molecule has 1 aliphatic carbocycles. The minimum absolute atomic E-state index is 0.00978. The van der Waals surface area contributed by atoms with Crippen LogP contribution in [-0.4, -0.2) is 94.9 Å². The lowest BCUT2D eigenvalue weighted by molar-refractivity contribution is -0.140. The Kier molecular flexibility index (Phi) is 17.4. The van der Waals surface area contributed by atoms with Gasteiger partial charge in [-0.1, -0.05) is 64.3 Å². The molecule has 1 aromatic carbocycles. The third-order valence-electron chi connectivity index (χ3n) is 10.8. The number of nitrogens with zero attached hydrogens (tertiary/aromatic N) is 2. The summed E-state index contributed by atoms with van der Waals surface area (Å²) in [6.07, 6.45) is 6.67. The maximum absolute atomic E-state index is 14.4. The highest BCUT2D eigenvalue weighted by atomic mass is 32.2. The van der Waals surface area contributed by atoms with Gasteiger partial charge < -0.3 is 38.1 Å². The fraction of sp³-hybridized carbons (Fsp3) is 0.675. The zero-order chi connectivity index (χ0) is 40.8. The van der Waals surface area contributed by atoms with Gasteiger partial charge in [0.2, 0.25) is 29.5 Å². The highest BCUT2D eigenvalue weighted by Crippen LogP contribution is 2.34. The van der Waals surface area contributed by atoms with E-state index in [0.717, 1.165) is 55.4 Å². The Hall–Kier alpha value is -3.79. The molecular formula is C40H62N8O6S2. The molecule has 2 aliphatic heterocycles. The van der Waals surface area contributed by atoms with E-state index in [-0.39, 0.29) is 54.6 Å². The van der Waals surface area contributed by atoms with E-state index in [1.807, 2.05) is 18.2 Å². The second kappa shape index (κ2) is 21.7. The summed E-state index contributed by atoms with van der Waals surface area (Å²) in [7, 11) is 0. The van der Waals surface area contributed by atoms with Crippen molar-refractivity contribution in [1.29, 1.82) is 0 Å². The first kappa shape index (κ1) is 44.9. The van der Waals surface area contributed by atoms with E-state index in [1.165, 1.54) is 11.8 Å². The van der Waals surface area contributed by atoms with Crippen molar-refractivity contribution < 1.29 is 28.8 Å². The number of primary amides is 1. The minimum atomic E-state index is -1.10. The van der Waals surface area contributed by atoms with E-state index in [0.29, 0.717) is 37.3 Å². The SMILES string of the molecule is CC(C)(C)C(NC(=O)C(CCCN=C(N)N)NC(=O)C1CSCc2cccc(c2)CSCCC(=O)N2CCCC2C(=O)CC(C2CCCCC2)C(=O)N1)C(N)=O. The van der Waals surface area contributed by atoms with Gasteiger partial charge in [-0.15, -0.1) is 0 Å². The second-order valence-electron chi connectivity index (χ2n) is 16.3. The molecule has 5 atom stereocenters. The molecule has 5 unspecified atom stereocenters. The van der Waals surface area contributed by atoms with E-state index in [4.69, 9.17) is 17.2 Å². The first-order valence-corrected chi connectivity index (χ1v) is 22.3. The number of hydrogen-bond acceptors (Lipinski definition) is 9. The maximum atomic E-state index is 14.4. The van der Waals surface area contributed by atoms with Crippen LogP contribution in [0.3, 0.4) is 0 Å². The highest BCUT2D eigenvalue weighted by Gasteiger charge is 2.40. The van der Waals surface area contributed by atoms with Crippen LogP contribution in [0.25, 0.3) is 0 Å². The summed E-state index contributed by atoms with van der Waals surface area (Å²) in [5.74, 6) is -1.10. The van der Waals surface area contributed by atoms with Crippen LogP contribution in [0, 0.1) is 17.3 Å². The zero-order valence-electron chi connectivity index (χ0n) is 33.2. The van der Waals surface area contributed by atoms with Crippen molar-refractivity contribution in [3.63, 3.8) is 0 Å². The van der Waals surface area contributed by atoms with Gasteiger partial charge in [-0.2, -0.15) is 23.5 Å². The summed E-state index contributed by atoms with van der Waals surface area (Å²) in [4.78, 5) is 88.0. The van der Waals surface area contributed by atoms with Gasteiger partial charge in [0.15, 0.2) is 11.7 Å². The number of carbonyl (C=O) groups excluding carboxylic acids is 6. The van der Waals surface area contributed by atoms with Crippen LogP contribution in [-0.2, 0) is 40.3 Å². The van der Waals surface area contributed by atoms with Crippen molar-refractivity contribution in [3.8, 4) is 0 Å². The Morgan fingerprint density at radius 1 is 0.964 bits per heavy atom. The predicted molar refractivity (Wildman–Crippen MR) is 222 cm³/mol. The van der Waals surface area contributed by atoms with Crippen LogP contribution >= 0.6 is 23.5 Å². The van der Waals surface area contributed by atoms with E-state index < -0.39 is 53.2 Å². The summed E-state index contributed by atoms with van der Waals surface area (Å²) < 4.78 is 0. The van der Waals surface area contributed by atoms with Gasteiger partial charge >= 0.3 is 0 Å². The van der Waals surface area contributed by atoms with Crippen molar-refractivity contribution in [3.05, 3.63) is 35.4 Å². The molecule has 5 amide bonds. The number of hydrogen-bond donors (Lipinski definition) is 6. The third-order valence-corrected chi connectivity index (χ3v) is 13.0. The van der Waals surface area contributed by atoms with E-state index in [2.05, 4.69) is 27.0 Å². The van der Waals surface area contributed by atoms with E-state index in [9.17, 15) is 28.8 Å². The number of guanidine groups is 1. The molecule has 14 nitrogen and oxygen atoms in total. The first-order valence-electron chi connectivity index (χ1n) is 19.9. The topological polar surface area (TPSA) is 232 Å². The summed E-state index contributed by atoms with van der Waals surface area (Å²) in [6, 6.07) is 4.43. The van der Waals surface area contributed by atoms with Gasteiger partial charge in [-0.25, -0.2) is 0 Å². The molecular weight excluding hydrogens is 753 g/mol. The molecule has 4 rings (SSSR count). The Morgan fingerprint density at radius 2 is 1.66 bits per heavy atom. The standard InChI is InChI=1S/C40H62N8O6S2/c1-40(2,3)34(35(41)51)47-37(53)29(14-8-17-44-39(42)43)45-38(54)30-24-56-23-26-11-7-10-25(20-26)22-55-19-16-33(50)48-18-9-15-31(48)32(49)21-28(36(52)46-30)27-12-5-4-6-13-27/h7,10-11,20,27-31,34H,4-6,8-9,12-19,21-24H2,1-3H3,(H2,41,51)(H,45,54)(H,46,52)(H,47,53)(H4,42,43,44). The maximum Gasteiger partial charge on any atom is 0.244 e. The lowest BCUT2D eigenvalue weighted by atomic mass is 9.76. The van der Waals surface area contributed by atoms with Crippen LogP contribution in [0.15, 0.2) is 29.3 Å². The number of amides is 5. The molecule has 9 N–H and O–H groups in total. The molecule has 2 fully saturated rings. The van der Waals surface area contributed by atoms with Gasteiger partial charge in [0.05, 0.1) is 6.04 Å². The quantitative estimate of drug-likeness (QED) is 0.115. The molecule has 0 aromatic heterocycles. The molecule has 0 spiro atoms. The lowest BCUT2D eigenvalue weighted by Crippen LogP contribution is -2.59. The van der Waals surface area contributed by atoms with Crippen molar-refractivity contribution in [2.45, 2.75) is 127 Å². The molecule has 2 bridgehead atoms. The summed E-state index contributed by atoms with van der Waals surface area (Å²) in [5.41, 5.74) is 18.1. The number of nitrogens with two attached hydrogens (primary N) is 3. The Bertz CT molecular complexity index is 1580. The van der Waals surface area contributed by atoms with Gasteiger partial charge in [0, 0.05) is 54.9 Å². The smallest absolute Gasteiger partial charge is 0.244 e. The molecule has 2 heterocycles. The minimum Gasteiger partial charge on any atom is -0.370 e. The number of thioether (sulfide) groups is 2. The zero-order valence-corrected chi connectivity index (χ0v) is 34.8. The molecule has 3 aliphatic rings. The molecule has 1 saturated carbocycles. The fourth-order valence-corrected chi connectivity index (χ4v) is 9.71. The monoisotopic (exact) mass is 814 g/mol. The summed E-state index contributed by atoms with van der Waals surface area (Å²) in [5, 5.41) is 8.59. The van der Waals surface area contributed by atoms with Crippen molar-refractivity contribution in [2.75, 3.05) is 24.6 Å². The molecule has 310 valence electrons. The average molecular weight is 815 g/mol. The van der Waals surface area contributed by atoms with Crippen LogP contribution in [0.2, 0.25) is 0 Å². The van der Waals surface area contributed by atoms with Crippen molar-refractivity contribution >= 4 is 64.8 Å². The number of nitrogens with one attached hydrogen (secondary N) is 3. The number of ketones is 1. The third kappa shape index (κ3) is 13.7. The van der Waals surface area contributed by atoms with Gasteiger partial charge in [0.25, 0.3) is 0 Å². The number of carbonyl (C=O) groups is 6. The normalized spacial score (nSPS) is 23.3. The van der Waals surface area contributed by atoms with Gasteiger partial charge in [0.1, 0.15) is 18.1 Å². The fourth-order valence-electron chi connectivity index (χ4n) is 7.82. The van der Waals surface area contributed by atoms with Crippen LogP contribution in [0.4, 0.5) is 0 Å². The molecule has 1 aromatic rings. The second-order valence-corrected chi connectivity index (χ2v) is 18.5. The van der Waals surface area contributed by atoms with Crippen LogP contribution in [0.1, 0.15) is 103 Å². The summed E-state index contributed by atoms with van der Waals surface area (Å²) >= 11 is 3.16. The number of benzene rings is 1. The number of fused-ring (bicyclic) bond motifs is 3.